The van der Waals surface area contributed by atoms with Crippen molar-refractivity contribution >= 4 is 11.5 Å². The van der Waals surface area contributed by atoms with E-state index in [9.17, 15) is 20.1 Å². The molecule has 5 heteroatoms. The molecule has 0 bridgehead atoms. The maximum Gasteiger partial charge on any atom is 0.321 e. The van der Waals surface area contributed by atoms with Crippen molar-refractivity contribution in [2.75, 3.05) is 13.1 Å². The summed E-state index contributed by atoms with van der Waals surface area (Å²) in [6, 6.07) is 7.27. The van der Waals surface area contributed by atoms with Gasteiger partial charge in [0.15, 0.2) is 0 Å². The van der Waals surface area contributed by atoms with Gasteiger partial charge >= 0.3 is 5.97 Å². The summed E-state index contributed by atoms with van der Waals surface area (Å²) >= 11 is 0. The number of aliphatic hydroxyl groups excluding tert-OH is 2. The maximum atomic E-state index is 12.7. The number of carboxylic acid groups (broad SMARTS) is 1. The lowest BCUT2D eigenvalue weighted by molar-refractivity contribution is -0.144. The summed E-state index contributed by atoms with van der Waals surface area (Å²) in [6.07, 6.45) is 21.8. The first-order valence-corrected chi connectivity index (χ1v) is 17.4. The molecular formula is C37H65NO4. The minimum atomic E-state index is -0.901. The first-order chi connectivity index (χ1) is 20.3. The van der Waals surface area contributed by atoms with Gasteiger partial charge in [-0.2, -0.15) is 0 Å². The van der Waals surface area contributed by atoms with Gasteiger partial charge < -0.3 is 15.3 Å². The first kappa shape index (κ1) is 38.3. The number of hydrogen-bond acceptors (Lipinski definition) is 4. The molecule has 0 fully saturated rings. The fourth-order valence-electron chi connectivity index (χ4n) is 5.98. The molecule has 1 rings (SSSR count). The molecule has 42 heavy (non-hydrogen) atoms. The number of unbranched alkanes of at least 4 members (excludes halogenated alkanes) is 14. The molecular weight excluding hydrogens is 522 g/mol. The molecule has 0 spiro atoms. The summed E-state index contributed by atoms with van der Waals surface area (Å²) in [5.41, 5.74) is 3.16. The SMILES string of the molecule is C/C=C(/CC(C(=O)O)N(CC(O)CCCCCCCCCC)CC(O)CCCCCCCCCC)c1ccccc1C. The van der Waals surface area contributed by atoms with Crippen molar-refractivity contribution in [3.63, 3.8) is 0 Å². The van der Waals surface area contributed by atoms with E-state index in [1.165, 1.54) is 77.0 Å². The predicted octanol–water partition coefficient (Wildman–Crippen LogP) is 9.33. The molecule has 242 valence electrons. The summed E-state index contributed by atoms with van der Waals surface area (Å²) in [5.74, 6) is -0.901. The molecule has 3 atom stereocenters. The molecule has 1 aromatic carbocycles. The number of aryl methyl sites for hydroxylation is 1. The largest absolute Gasteiger partial charge is 0.480 e. The lowest BCUT2D eigenvalue weighted by Gasteiger charge is -2.33. The highest BCUT2D eigenvalue weighted by molar-refractivity contribution is 5.78. The summed E-state index contributed by atoms with van der Waals surface area (Å²) < 4.78 is 0. The van der Waals surface area contributed by atoms with Gasteiger partial charge in [0.2, 0.25) is 0 Å². The third-order valence-corrected chi connectivity index (χ3v) is 8.65. The molecule has 0 heterocycles. The lowest BCUT2D eigenvalue weighted by atomic mass is 9.93. The van der Waals surface area contributed by atoms with E-state index < -0.39 is 24.2 Å². The van der Waals surface area contributed by atoms with Crippen molar-refractivity contribution in [1.82, 2.24) is 4.90 Å². The van der Waals surface area contributed by atoms with Crippen LogP contribution in [0.5, 0.6) is 0 Å². The average molecular weight is 588 g/mol. The highest BCUT2D eigenvalue weighted by atomic mass is 16.4. The Balaban J connectivity index is 2.79. The molecule has 0 aromatic heterocycles. The lowest BCUT2D eigenvalue weighted by Crippen LogP contribution is -2.48. The fourth-order valence-corrected chi connectivity index (χ4v) is 5.98. The standard InChI is InChI=1S/C37H65NO4/c1-5-8-10-12-14-16-18-20-25-33(39)29-38(30-34(40)26-21-19-17-15-13-11-9-6-2)36(37(41)42)28-32(7-3)35-27-23-22-24-31(35)4/h7,22-24,27,33-34,36,39-40H,5-6,8-21,25-26,28-30H2,1-4H3,(H,41,42)/b32-7-. The van der Waals surface area contributed by atoms with E-state index in [0.29, 0.717) is 19.3 Å². The molecule has 0 saturated carbocycles. The minimum Gasteiger partial charge on any atom is -0.480 e. The van der Waals surface area contributed by atoms with E-state index in [2.05, 4.69) is 13.8 Å². The Labute approximate surface area is 258 Å². The van der Waals surface area contributed by atoms with Crippen LogP contribution in [-0.2, 0) is 4.79 Å². The van der Waals surface area contributed by atoms with Gasteiger partial charge in [0, 0.05) is 13.1 Å². The van der Waals surface area contributed by atoms with Crippen LogP contribution >= 0.6 is 0 Å². The van der Waals surface area contributed by atoms with E-state index in [1.807, 2.05) is 49.1 Å². The van der Waals surface area contributed by atoms with Crippen LogP contribution in [0.4, 0.5) is 0 Å². The third-order valence-electron chi connectivity index (χ3n) is 8.65. The molecule has 0 aliphatic rings. The normalized spacial score (nSPS) is 14.3. The number of rotatable bonds is 27. The zero-order valence-corrected chi connectivity index (χ0v) is 27.7. The van der Waals surface area contributed by atoms with Crippen LogP contribution in [0, 0.1) is 6.92 Å². The van der Waals surface area contributed by atoms with Gasteiger partial charge in [0.25, 0.3) is 0 Å². The Morgan fingerprint density at radius 1 is 0.738 bits per heavy atom. The highest BCUT2D eigenvalue weighted by Crippen LogP contribution is 2.26. The maximum absolute atomic E-state index is 12.7. The average Bonchev–Trinajstić information content (AvgIpc) is 2.96. The number of benzene rings is 1. The molecule has 1 aromatic rings. The Kier molecular flexibility index (Phi) is 22.6. The second-order valence-electron chi connectivity index (χ2n) is 12.5. The second kappa shape index (κ2) is 24.7. The van der Waals surface area contributed by atoms with Crippen LogP contribution in [0.3, 0.4) is 0 Å². The van der Waals surface area contributed by atoms with Crippen molar-refractivity contribution in [1.29, 1.82) is 0 Å². The highest BCUT2D eigenvalue weighted by Gasteiger charge is 2.30. The van der Waals surface area contributed by atoms with Gasteiger partial charge in [-0.25, -0.2) is 0 Å². The summed E-state index contributed by atoms with van der Waals surface area (Å²) in [7, 11) is 0. The van der Waals surface area contributed by atoms with Crippen molar-refractivity contribution in [2.24, 2.45) is 0 Å². The van der Waals surface area contributed by atoms with E-state index in [4.69, 9.17) is 0 Å². The number of aliphatic carboxylic acids is 1. The molecule has 0 aliphatic carbocycles. The van der Waals surface area contributed by atoms with Crippen LogP contribution in [0.2, 0.25) is 0 Å². The molecule has 0 aliphatic heterocycles. The first-order valence-electron chi connectivity index (χ1n) is 17.4. The number of aliphatic hydroxyl groups is 2. The van der Waals surface area contributed by atoms with Gasteiger partial charge in [-0.1, -0.05) is 147 Å². The molecule has 0 saturated heterocycles. The number of nitrogens with zero attached hydrogens (tertiary/aromatic N) is 1. The molecule has 0 amide bonds. The minimum absolute atomic E-state index is 0.271. The van der Waals surface area contributed by atoms with Crippen LogP contribution < -0.4 is 0 Å². The molecule has 5 nitrogen and oxygen atoms in total. The van der Waals surface area contributed by atoms with E-state index >= 15 is 0 Å². The Morgan fingerprint density at radius 3 is 1.57 bits per heavy atom. The van der Waals surface area contributed by atoms with E-state index in [-0.39, 0.29) is 13.1 Å². The van der Waals surface area contributed by atoms with Gasteiger partial charge in [0.05, 0.1) is 12.2 Å². The van der Waals surface area contributed by atoms with Gasteiger partial charge in [-0.15, -0.1) is 0 Å². The van der Waals surface area contributed by atoms with Crippen LogP contribution in [0.15, 0.2) is 30.3 Å². The van der Waals surface area contributed by atoms with Crippen LogP contribution in [-0.4, -0.2) is 57.5 Å². The Bertz CT molecular complexity index is 811. The van der Waals surface area contributed by atoms with E-state index in [0.717, 1.165) is 42.4 Å². The molecule has 3 N–H and O–H groups in total. The van der Waals surface area contributed by atoms with Crippen LogP contribution in [0.1, 0.15) is 154 Å². The monoisotopic (exact) mass is 587 g/mol. The topological polar surface area (TPSA) is 81.0 Å². The van der Waals surface area contributed by atoms with Crippen molar-refractivity contribution in [2.45, 2.75) is 168 Å². The Hall–Kier alpha value is -1.69. The molecule has 0 radical (unpaired) electrons. The molecule has 3 unspecified atom stereocenters. The van der Waals surface area contributed by atoms with Gasteiger partial charge in [-0.3, -0.25) is 9.69 Å². The van der Waals surface area contributed by atoms with Gasteiger partial charge in [-0.05, 0) is 49.8 Å². The number of hydrogen-bond donors (Lipinski definition) is 3. The quantitative estimate of drug-likeness (QED) is 0.0894. The Morgan fingerprint density at radius 2 is 1.17 bits per heavy atom. The third kappa shape index (κ3) is 17.4. The van der Waals surface area contributed by atoms with Crippen molar-refractivity contribution in [3.05, 3.63) is 41.5 Å². The summed E-state index contributed by atoms with van der Waals surface area (Å²) in [5, 5.41) is 32.4. The van der Waals surface area contributed by atoms with Crippen molar-refractivity contribution in [3.8, 4) is 0 Å². The van der Waals surface area contributed by atoms with Crippen LogP contribution in [0.25, 0.3) is 5.57 Å². The van der Waals surface area contributed by atoms with Crippen molar-refractivity contribution < 1.29 is 20.1 Å². The second-order valence-corrected chi connectivity index (χ2v) is 12.5. The smallest absolute Gasteiger partial charge is 0.321 e. The number of carbonyl (C=O) groups is 1. The van der Waals surface area contributed by atoms with E-state index in [1.54, 1.807) is 0 Å². The summed E-state index contributed by atoms with van der Waals surface area (Å²) in [4.78, 5) is 14.5. The summed E-state index contributed by atoms with van der Waals surface area (Å²) in [6.45, 7) is 9.01. The number of allylic oxidation sites excluding steroid dienone is 1. The predicted molar refractivity (Wildman–Crippen MR) is 179 cm³/mol. The fraction of sp³-hybridized carbons (Fsp3) is 0.757. The van der Waals surface area contributed by atoms with Gasteiger partial charge in [0.1, 0.15) is 6.04 Å². The number of carboxylic acids is 1. The zero-order valence-electron chi connectivity index (χ0n) is 27.7. The zero-order chi connectivity index (χ0) is 31.0.